The van der Waals surface area contributed by atoms with Crippen molar-refractivity contribution in [1.82, 2.24) is 15.5 Å². The van der Waals surface area contributed by atoms with Gasteiger partial charge in [-0.1, -0.05) is 11.6 Å². The van der Waals surface area contributed by atoms with E-state index in [1.807, 2.05) is 0 Å². The van der Waals surface area contributed by atoms with E-state index in [1.165, 1.54) is 57.8 Å². The summed E-state index contributed by atoms with van der Waals surface area (Å²) in [6.07, 6.45) is 12.3. The van der Waals surface area contributed by atoms with Crippen molar-refractivity contribution < 1.29 is 4.52 Å². The third-order valence-electron chi connectivity index (χ3n) is 8.15. The highest BCUT2D eigenvalue weighted by Crippen LogP contribution is 2.60. The van der Waals surface area contributed by atoms with Crippen LogP contribution < -0.4 is 5.32 Å². The molecular formula is C19H28ClN3O. The van der Waals surface area contributed by atoms with Gasteiger partial charge in [0, 0.05) is 12.0 Å². The molecule has 4 nitrogen and oxygen atoms in total. The number of aromatic nitrogens is 2. The van der Waals surface area contributed by atoms with Crippen LogP contribution in [0, 0.1) is 23.7 Å². The van der Waals surface area contributed by atoms with E-state index >= 15 is 0 Å². The summed E-state index contributed by atoms with van der Waals surface area (Å²) >= 11 is 0. The molecule has 6 fully saturated rings. The Morgan fingerprint density at radius 2 is 1.75 bits per heavy atom. The number of nitrogens with zero attached hydrogens (tertiary/aromatic N) is 2. The van der Waals surface area contributed by atoms with Crippen LogP contribution in [0.2, 0.25) is 0 Å². The number of fused-ring (bicyclic) bond motifs is 1. The Morgan fingerprint density at radius 3 is 2.46 bits per heavy atom. The Hall–Kier alpha value is -0.610. The van der Waals surface area contributed by atoms with Crippen LogP contribution in [-0.2, 0) is 10.8 Å². The monoisotopic (exact) mass is 349 g/mol. The van der Waals surface area contributed by atoms with Crippen molar-refractivity contribution >= 4 is 12.4 Å². The molecule has 1 aromatic rings. The molecule has 2 heterocycles. The van der Waals surface area contributed by atoms with Crippen molar-refractivity contribution in [3.05, 3.63) is 11.7 Å². The minimum absolute atomic E-state index is 0. The second kappa shape index (κ2) is 5.20. The van der Waals surface area contributed by atoms with Gasteiger partial charge in [-0.25, -0.2) is 0 Å². The first-order valence-corrected chi connectivity index (χ1v) is 9.81. The summed E-state index contributed by atoms with van der Waals surface area (Å²) in [5.74, 6) is 5.58. The minimum Gasteiger partial charge on any atom is -0.339 e. The van der Waals surface area contributed by atoms with Crippen LogP contribution in [0.1, 0.15) is 69.5 Å². The average molecular weight is 350 g/mol. The Morgan fingerprint density at radius 1 is 1.04 bits per heavy atom. The van der Waals surface area contributed by atoms with Gasteiger partial charge in [-0.15, -0.1) is 12.4 Å². The molecule has 1 aliphatic heterocycles. The van der Waals surface area contributed by atoms with Crippen molar-refractivity contribution in [3.8, 4) is 0 Å². The highest BCUT2D eigenvalue weighted by atomic mass is 35.5. The number of hydrogen-bond acceptors (Lipinski definition) is 4. The first-order valence-electron chi connectivity index (χ1n) is 9.81. The SMILES string of the molecule is C1C[C@@H]2CNC[C@]2(c2nc(C34CC5CC(CC(C5)C3)C4)no2)C1.Cl. The summed E-state index contributed by atoms with van der Waals surface area (Å²) in [6.45, 7) is 2.18. The van der Waals surface area contributed by atoms with Crippen LogP contribution in [0.4, 0.5) is 0 Å². The largest absolute Gasteiger partial charge is 0.339 e. The predicted molar refractivity (Wildman–Crippen MR) is 93.3 cm³/mol. The summed E-state index contributed by atoms with van der Waals surface area (Å²) in [6, 6.07) is 0. The number of rotatable bonds is 2. The fourth-order valence-electron chi connectivity index (χ4n) is 7.53. The van der Waals surface area contributed by atoms with Crippen molar-refractivity contribution in [3.63, 3.8) is 0 Å². The van der Waals surface area contributed by atoms with Gasteiger partial charge in [-0.05, 0) is 81.6 Å². The van der Waals surface area contributed by atoms with Gasteiger partial charge in [0.05, 0.1) is 5.41 Å². The molecule has 0 aromatic carbocycles. The van der Waals surface area contributed by atoms with Gasteiger partial charge in [0.15, 0.2) is 5.82 Å². The molecule has 5 aliphatic carbocycles. The molecule has 0 radical (unpaired) electrons. The molecule has 1 aromatic heterocycles. The summed E-state index contributed by atoms with van der Waals surface area (Å²) in [4.78, 5) is 5.10. The van der Waals surface area contributed by atoms with E-state index < -0.39 is 0 Å². The van der Waals surface area contributed by atoms with E-state index in [2.05, 4.69) is 10.5 Å². The third kappa shape index (κ3) is 1.96. The van der Waals surface area contributed by atoms with Gasteiger partial charge in [0.2, 0.25) is 5.89 Å². The molecule has 0 amide bonds. The first kappa shape index (κ1) is 15.6. The molecule has 7 rings (SSSR count). The normalized spacial score (nSPS) is 48.5. The van der Waals surface area contributed by atoms with Crippen LogP contribution in [0.5, 0.6) is 0 Å². The molecule has 6 aliphatic rings. The maximum atomic E-state index is 5.94. The molecule has 2 atom stereocenters. The molecule has 24 heavy (non-hydrogen) atoms. The fourth-order valence-corrected chi connectivity index (χ4v) is 7.53. The van der Waals surface area contributed by atoms with Crippen molar-refractivity contribution in [2.24, 2.45) is 23.7 Å². The van der Waals surface area contributed by atoms with Crippen molar-refractivity contribution in [2.45, 2.75) is 68.6 Å². The molecule has 0 unspecified atom stereocenters. The van der Waals surface area contributed by atoms with Crippen LogP contribution in [0.25, 0.3) is 0 Å². The summed E-state index contributed by atoms with van der Waals surface area (Å²) in [7, 11) is 0. The zero-order chi connectivity index (χ0) is 15.1. The molecule has 1 saturated heterocycles. The van der Waals surface area contributed by atoms with E-state index in [0.29, 0.717) is 5.92 Å². The lowest BCUT2D eigenvalue weighted by Gasteiger charge is -2.55. The van der Waals surface area contributed by atoms with Crippen LogP contribution >= 0.6 is 12.4 Å². The summed E-state index contributed by atoms with van der Waals surface area (Å²) in [5, 5.41) is 8.17. The van der Waals surface area contributed by atoms with Gasteiger partial charge in [0.1, 0.15) is 0 Å². The molecule has 5 heteroatoms. The Labute approximate surface area is 149 Å². The van der Waals surface area contributed by atoms with Gasteiger partial charge in [-0.3, -0.25) is 0 Å². The minimum atomic E-state index is 0. The molecule has 1 N–H and O–H groups in total. The number of nitrogens with one attached hydrogen (secondary N) is 1. The van der Waals surface area contributed by atoms with E-state index in [4.69, 9.17) is 9.51 Å². The Bertz CT molecular complexity index is 597. The van der Waals surface area contributed by atoms with E-state index in [-0.39, 0.29) is 23.2 Å². The van der Waals surface area contributed by atoms with Gasteiger partial charge in [-0.2, -0.15) is 4.98 Å². The van der Waals surface area contributed by atoms with Gasteiger partial charge in [0.25, 0.3) is 0 Å². The maximum absolute atomic E-state index is 5.94. The van der Waals surface area contributed by atoms with Crippen LogP contribution in [0.15, 0.2) is 4.52 Å². The van der Waals surface area contributed by atoms with Crippen LogP contribution in [0.3, 0.4) is 0 Å². The van der Waals surface area contributed by atoms with Crippen molar-refractivity contribution in [1.29, 1.82) is 0 Å². The van der Waals surface area contributed by atoms with Crippen molar-refractivity contribution in [2.75, 3.05) is 13.1 Å². The quantitative estimate of drug-likeness (QED) is 0.886. The summed E-state index contributed by atoms with van der Waals surface area (Å²) in [5.41, 5.74) is 0.431. The van der Waals surface area contributed by atoms with Gasteiger partial charge < -0.3 is 9.84 Å². The predicted octanol–water partition coefficient (Wildman–Crippen LogP) is 3.60. The highest BCUT2D eigenvalue weighted by Gasteiger charge is 2.56. The molecule has 5 saturated carbocycles. The molecule has 4 bridgehead atoms. The van der Waals surface area contributed by atoms with E-state index in [1.54, 1.807) is 0 Å². The standard InChI is InChI=1S/C19H27N3O.ClH/c1-2-15-10-20-11-19(15,3-1)17-21-16(22-23-17)18-7-12-4-13(8-18)6-14(5-12)9-18;/h12-15,20H,1-11H2;1H/t12?,13?,14?,15-,18?,19-;/m1./s1. The van der Waals surface area contributed by atoms with E-state index in [9.17, 15) is 0 Å². The van der Waals surface area contributed by atoms with Crippen LogP contribution in [-0.4, -0.2) is 23.2 Å². The molecule has 0 spiro atoms. The lowest BCUT2D eigenvalue weighted by molar-refractivity contribution is -0.0103. The molecular weight excluding hydrogens is 322 g/mol. The second-order valence-electron chi connectivity index (χ2n) is 9.50. The zero-order valence-electron chi connectivity index (χ0n) is 14.3. The second-order valence-corrected chi connectivity index (χ2v) is 9.50. The Balaban J connectivity index is 0.00000131. The highest BCUT2D eigenvalue weighted by molar-refractivity contribution is 5.85. The van der Waals surface area contributed by atoms with E-state index in [0.717, 1.165) is 42.6 Å². The zero-order valence-corrected chi connectivity index (χ0v) is 15.1. The average Bonchev–Trinajstić information content (AvgIpc) is 3.21. The lowest BCUT2D eigenvalue weighted by Crippen LogP contribution is -2.49. The number of halogens is 1. The fraction of sp³-hybridized carbons (Fsp3) is 0.895. The first-order chi connectivity index (χ1) is 11.3. The lowest BCUT2D eigenvalue weighted by atomic mass is 9.49. The summed E-state index contributed by atoms with van der Waals surface area (Å²) < 4.78 is 5.94. The molecule has 132 valence electrons. The third-order valence-corrected chi connectivity index (χ3v) is 8.15. The maximum Gasteiger partial charge on any atom is 0.234 e. The number of hydrogen-bond donors (Lipinski definition) is 1. The Kier molecular flexibility index (Phi) is 3.39. The smallest absolute Gasteiger partial charge is 0.234 e. The topological polar surface area (TPSA) is 51.0 Å². The van der Waals surface area contributed by atoms with Gasteiger partial charge >= 0.3 is 0 Å².